The topological polar surface area (TPSA) is 97.0 Å². The minimum atomic E-state index is -0.463. The van der Waals surface area contributed by atoms with E-state index in [-0.39, 0.29) is 29.7 Å². The Morgan fingerprint density at radius 1 is 0.969 bits per heavy atom. The Morgan fingerprint density at radius 3 is 2.03 bits per heavy atom. The van der Waals surface area contributed by atoms with Gasteiger partial charge in [0.2, 0.25) is 11.8 Å². The Bertz CT molecular complexity index is 1010. The molecule has 0 spiro atoms. The number of rotatable bonds is 6. The van der Waals surface area contributed by atoms with Crippen LogP contribution in [-0.4, -0.2) is 48.9 Å². The van der Waals surface area contributed by atoms with Crippen LogP contribution in [0.15, 0.2) is 42.5 Å². The molecular weight excluding hydrogens is 410 g/mol. The molecule has 2 aromatic rings. The largest absolute Gasteiger partial charge is 0.494 e. The first-order valence-corrected chi connectivity index (χ1v) is 10.4. The Kier molecular flexibility index (Phi) is 6.72. The number of methoxy groups -OCH3 is 2. The summed E-state index contributed by atoms with van der Waals surface area (Å²) in [5.41, 5.74) is 0.964. The normalized spacial score (nSPS) is 16.0. The van der Waals surface area contributed by atoms with Gasteiger partial charge in [-0.2, -0.15) is 0 Å². The van der Waals surface area contributed by atoms with Gasteiger partial charge in [0, 0.05) is 36.2 Å². The summed E-state index contributed by atoms with van der Waals surface area (Å²) in [6.45, 7) is 6.20. The lowest BCUT2D eigenvalue weighted by atomic mass is 10.1. The van der Waals surface area contributed by atoms with Gasteiger partial charge in [0.25, 0.3) is 5.91 Å². The number of anilines is 2. The van der Waals surface area contributed by atoms with Crippen LogP contribution < -0.4 is 20.1 Å². The van der Waals surface area contributed by atoms with E-state index in [0.29, 0.717) is 35.0 Å². The Balaban J connectivity index is 1.80. The molecule has 32 heavy (non-hydrogen) atoms. The van der Waals surface area contributed by atoms with Crippen molar-refractivity contribution in [2.75, 3.05) is 31.4 Å². The third kappa shape index (κ3) is 5.01. The van der Waals surface area contributed by atoms with Crippen LogP contribution in [0.5, 0.6) is 11.5 Å². The van der Waals surface area contributed by atoms with Gasteiger partial charge in [-0.25, -0.2) is 0 Å². The molecular formula is C24H29N3O5. The first kappa shape index (κ1) is 23.1. The van der Waals surface area contributed by atoms with Gasteiger partial charge in [0.1, 0.15) is 11.5 Å². The fraction of sp³-hybridized carbons (Fsp3) is 0.375. The van der Waals surface area contributed by atoms with E-state index in [0.717, 1.165) is 0 Å². The Labute approximate surface area is 187 Å². The van der Waals surface area contributed by atoms with E-state index >= 15 is 0 Å². The van der Waals surface area contributed by atoms with Crippen molar-refractivity contribution in [3.63, 3.8) is 0 Å². The zero-order chi connectivity index (χ0) is 23.5. The summed E-state index contributed by atoms with van der Waals surface area (Å²) >= 11 is 0. The van der Waals surface area contributed by atoms with Gasteiger partial charge < -0.3 is 25.0 Å². The van der Waals surface area contributed by atoms with Gasteiger partial charge in [0.15, 0.2) is 0 Å². The molecule has 1 heterocycles. The van der Waals surface area contributed by atoms with Crippen LogP contribution in [0.25, 0.3) is 0 Å². The first-order valence-electron chi connectivity index (χ1n) is 10.4. The number of hydrogen-bond donors (Lipinski definition) is 2. The molecule has 170 valence electrons. The molecule has 2 aromatic carbocycles. The second-order valence-electron chi connectivity index (χ2n) is 8.64. The van der Waals surface area contributed by atoms with Gasteiger partial charge in [-0.05, 0) is 32.9 Å². The molecule has 3 amide bonds. The number of carbonyl (C=O) groups is 3. The number of benzene rings is 2. The highest BCUT2D eigenvalue weighted by molar-refractivity contribution is 6.06. The van der Waals surface area contributed by atoms with E-state index in [2.05, 4.69) is 10.6 Å². The SMILES string of the molecule is COc1cc(NC(=O)C2CC(=O)N(C(C)(C)C)C2)c(OC)cc1NC(=O)c1ccccc1. The van der Waals surface area contributed by atoms with Gasteiger partial charge in [-0.15, -0.1) is 0 Å². The Morgan fingerprint density at radius 2 is 1.53 bits per heavy atom. The minimum Gasteiger partial charge on any atom is -0.494 e. The van der Waals surface area contributed by atoms with Crippen LogP contribution in [-0.2, 0) is 9.59 Å². The standard InChI is InChI=1S/C24H29N3O5/c1-24(2,3)27-14-16(11-21(27)28)23(30)26-18-13-19(31-4)17(12-20(18)32-5)25-22(29)15-9-7-6-8-10-15/h6-10,12-13,16H,11,14H2,1-5H3,(H,25,29)(H,26,30). The molecule has 1 fully saturated rings. The summed E-state index contributed by atoms with van der Waals surface area (Å²) in [5.74, 6) is -0.347. The number of amides is 3. The summed E-state index contributed by atoms with van der Waals surface area (Å²) in [7, 11) is 2.95. The van der Waals surface area contributed by atoms with E-state index in [4.69, 9.17) is 9.47 Å². The molecule has 0 aromatic heterocycles. The number of ether oxygens (including phenoxy) is 2. The highest BCUT2D eigenvalue weighted by Crippen LogP contribution is 2.37. The molecule has 0 bridgehead atoms. The Hall–Kier alpha value is -3.55. The zero-order valence-corrected chi connectivity index (χ0v) is 19.0. The quantitative estimate of drug-likeness (QED) is 0.718. The van der Waals surface area contributed by atoms with Crippen molar-refractivity contribution in [2.24, 2.45) is 5.92 Å². The number of likely N-dealkylation sites (tertiary alicyclic amines) is 1. The van der Waals surface area contributed by atoms with Crippen LogP contribution in [0.4, 0.5) is 11.4 Å². The van der Waals surface area contributed by atoms with Crippen molar-refractivity contribution >= 4 is 29.1 Å². The van der Waals surface area contributed by atoms with Gasteiger partial charge in [-0.1, -0.05) is 18.2 Å². The molecule has 1 atom stereocenters. The molecule has 0 radical (unpaired) electrons. The lowest BCUT2D eigenvalue weighted by molar-refractivity contribution is -0.131. The smallest absolute Gasteiger partial charge is 0.255 e. The second kappa shape index (κ2) is 9.30. The van der Waals surface area contributed by atoms with Crippen LogP contribution in [0, 0.1) is 5.92 Å². The van der Waals surface area contributed by atoms with Crippen molar-refractivity contribution in [1.29, 1.82) is 0 Å². The molecule has 2 N–H and O–H groups in total. The average Bonchev–Trinajstić information content (AvgIpc) is 3.17. The lowest BCUT2D eigenvalue weighted by Crippen LogP contribution is -2.42. The maximum atomic E-state index is 12.9. The number of carbonyl (C=O) groups excluding carboxylic acids is 3. The average molecular weight is 440 g/mol. The predicted octanol–water partition coefficient (Wildman–Crippen LogP) is 3.54. The molecule has 1 aliphatic heterocycles. The van der Waals surface area contributed by atoms with Crippen LogP contribution >= 0.6 is 0 Å². The van der Waals surface area contributed by atoms with Crippen molar-refractivity contribution in [3.8, 4) is 11.5 Å². The molecule has 0 aliphatic carbocycles. The number of nitrogens with zero attached hydrogens (tertiary/aromatic N) is 1. The fourth-order valence-corrected chi connectivity index (χ4v) is 3.64. The van der Waals surface area contributed by atoms with Gasteiger partial charge in [0.05, 0.1) is 31.5 Å². The molecule has 1 aliphatic rings. The van der Waals surface area contributed by atoms with Crippen molar-refractivity contribution in [2.45, 2.75) is 32.7 Å². The van der Waals surface area contributed by atoms with Crippen LogP contribution in [0.3, 0.4) is 0 Å². The first-order chi connectivity index (χ1) is 15.1. The summed E-state index contributed by atoms with van der Waals surface area (Å²) in [6.07, 6.45) is 0.160. The highest BCUT2D eigenvalue weighted by atomic mass is 16.5. The maximum Gasteiger partial charge on any atom is 0.255 e. The van der Waals surface area contributed by atoms with Crippen LogP contribution in [0.2, 0.25) is 0 Å². The van der Waals surface area contributed by atoms with E-state index < -0.39 is 5.92 Å². The third-order valence-electron chi connectivity index (χ3n) is 5.37. The molecule has 1 saturated heterocycles. The van der Waals surface area contributed by atoms with E-state index in [1.807, 2.05) is 26.8 Å². The molecule has 0 saturated carbocycles. The molecule has 3 rings (SSSR count). The van der Waals surface area contributed by atoms with E-state index in [1.165, 1.54) is 14.2 Å². The molecule has 1 unspecified atom stereocenters. The maximum absolute atomic E-state index is 12.9. The highest BCUT2D eigenvalue weighted by Gasteiger charge is 2.39. The number of nitrogens with one attached hydrogen (secondary N) is 2. The van der Waals surface area contributed by atoms with Crippen molar-refractivity contribution < 1.29 is 23.9 Å². The van der Waals surface area contributed by atoms with Gasteiger partial charge >= 0.3 is 0 Å². The minimum absolute atomic E-state index is 0.0406. The molecule has 8 heteroatoms. The van der Waals surface area contributed by atoms with Crippen molar-refractivity contribution in [1.82, 2.24) is 4.90 Å². The zero-order valence-electron chi connectivity index (χ0n) is 19.0. The second-order valence-corrected chi connectivity index (χ2v) is 8.64. The van der Waals surface area contributed by atoms with Crippen LogP contribution in [0.1, 0.15) is 37.6 Å². The predicted molar refractivity (Wildman–Crippen MR) is 122 cm³/mol. The summed E-state index contributed by atoms with van der Waals surface area (Å²) < 4.78 is 10.9. The van der Waals surface area contributed by atoms with E-state index in [1.54, 1.807) is 41.3 Å². The number of hydrogen-bond acceptors (Lipinski definition) is 5. The molecule has 8 nitrogen and oxygen atoms in total. The summed E-state index contributed by atoms with van der Waals surface area (Å²) in [4.78, 5) is 39.5. The summed E-state index contributed by atoms with van der Waals surface area (Å²) in [6, 6.07) is 12.0. The van der Waals surface area contributed by atoms with E-state index in [9.17, 15) is 14.4 Å². The summed E-state index contributed by atoms with van der Waals surface area (Å²) in [5, 5.41) is 5.66. The van der Waals surface area contributed by atoms with Gasteiger partial charge in [-0.3, -0.25) is 14.4 Å². The monoisotopic (exact) mass is 439 g/mol. The van der Waals surface area contributed by atoms with Crippen molar-refractivity contribution in [3.05, 3.63) is 48.0 Å². The fourth-order valence-electron chi connectivity index (χ4n) is 3.64. The third-order valence-corrected chi connectivity index (χ3v) is 5.37. The lowest BCUT2D eigenvalue weighted by Gasteiger charge is -2.32.